The number of fused-ring (bicyclic) bond motifs is 1. The summed E-state index contributed by atoms with van der Waals surface area (Å²) in [7, 11) is 0. The molecular formula is C12H10N6O. The van der Waals surface area contributed by atoms with Crippen molar-refractivity contribution >= 4 is 22.9 Å². The van der Waals surface area contributed by atoms with Crippen molar-refractivity contribution in [2.24, 2.45) is 0 Å². The lowest BCUT2D eigenvalue weighted by atomic mass is 10.2. The second kappa shape index (κ2) is 4.45. The van der Waals surface area contributed by atoms with Crippen LogP contribution in [0.15, 0.2) is 30.6 Å². The Hall–Kier alpha value is -2.83. The van der Waals surface area contributed by atoms with E-state index in [1.807, 2.05) is 0 Å². The molecule has 0 saturated heterocycles. The highest BCUT2D eigenvalue weighted by molar-refractivity contribution is 6.04. The van der Waals surface area contributed by atoms with Crippen molar-refractivity contribution in [2.75, 3.05) is 5.32 Å². The highest BCUT2D eigenvalue weighted by Crippen LogP contribution is 2.12. The fraction of sp³-hybridized carbons (Fsp3) is 0.0833. The van der Waals surface area contributed by atoms with Crippen LogP contribution >= 0.6 is 0 Å². The summed E-state index contributed by atoms with van der Waals surface area (Å²) in [5.74, 6) is 0.605. The van der Waals surface area contributed by atoms with Crippen LogP contribution in [-0.4, -0.2) is 31.1 Å². The van der Waals surface area contributed by atoms with Crippen LogP contribution in [0.5, 0.6) is 0 Å². The largest absolute Gasteiger partial charge is 0.289 e. The summed E-state index contributed by atoms with van der Waals surface area (Å²) in [6.45, 7) is 1.76. The maximum absolute atomic E-state index is 12.0. The van der Waals surface area contributed by atoms with Crippen LogP contribution in [0.3, 0.4) is 0 Å². The molecule has 0 aliphatic rings. The number of hydrogen-bond donors (Lipinski definition) is 2. The van der Waals surface area contributed by atoms with Gasteiger partial charge in [0.25, 0.3) is 5.91 Å². The first-order chi connectivity index (χ1) is 9.22. The fourth-order valence-corrected chi connectivity index (χ4v) is 1.68. The molecule has 0 fully saturated rings. The number of aromatic amines is 1. The van der Waals surface area contributed by atoms with E-state index in [0.29, 0.717) is 16.9 Å². The molecule has 7 heteroatoms. The van der Waals surface area contributed by atoms with Crippen molar-refractivity contribution in [1.29, 1.82) is 0 Å². The first-order valence-electron chi connectivity index (χ1n) is 5.63. The smallest absolute Gasteiger partial charge is 0.258 e. The molecule has 2 heterocycles. The van der Waals surface area contributed by atoms with Gasteiger partial charge in [-0.2, -0.15) is 4.98 Å². The molecule has 7 nitrogen and oxygen atoms in total. The lowest BCUT2D eigenvalue weighted by molar-refractivity contribution is 0.102. The maximum Gasteiger partial charge on any atom is 0.258 e. The summed E-state index contributed by atoms with van der Waals surface area (Å²) < 4.78 is 0. The van der Waals surface area contributed by atoms with Crippen LogP contribution in [0.1, 0.15) is 16.2 Å². The molecule has 19 heavy (non-hydrogen) atoms. The van der Waals surface area contributed by atoms with E-state index >= 15 is 0 Å². The average Bonchev–Trinajstić information content (AvgIpc) is 2.83. The third-order valence-electron chi connectivity index (χ3n) is 2.55. The average molecular weight is 254 g/mol. The number of aromatic nitrogens is 5. The van der Waals surface area contributed by atoms with E-state index in [2.05, 4.69) is 30.5 Å². The first kappa shape index (κ1) is 11.3. The van der Waals surface area contributed by atoms with Crippen molar-refractivity contribution < 1.29 is 4.79 Å². The number of hydrogen-bond acceptors (Lipinski definition) is 5. The zero-order valence-electron chi connectivity index (χ0n) is 10.1. The molecule has 2 aromatic heterocycles. The van der Waals surface area contributed by atoms with Gasteiger partial charge < -0.3 is 0 Å². The van der Waals surface area contributed by atoms with Gasteiger partial charge in [-0.05, 0) is 25.1 Å². The van der Waals surface area contributed by atoms with Crippen molar-refractivity contribution in [3.8, 4) is 0 Å². The van der Waals surface area contributed by atoms with Crippen LogP contribution in [0.25, 0.3) is 11.0 Å². The number of aryl methyl sites for hydroxylation is 1. The van der Waals surface area contributed by atoms with E-state index in [-0.39, 0.29) is 11.9 Å². The molecular weight excluding hydrogens is 244 g/mol. The van der Waals surface area contributed by atoms with Gasteiger partial charge in [-0.25, -0.2) is 0 Å². The fourth-order valence-electron chi connectivity index (χ4n) is 1.68. The lowest BCUT2D eigenvalue weighted by Crippen LogP contribution is -2.13. The number of nitrogens with zero attached hydrogens (tertiary/aromatic N) is 4. The monoisotopic (exact) mass is 254 g/mol. The minimum atomic E-state index is -0.286. The molecule has 94 valence electrons. The van der Waals surface area contributed by atoms with Crippen molar-refractivity contribution in [1.82, 2.24) is 25.1 Å². The minimum Gasteiger partial charge on any atom is -0.289 e. The molecule has 0 radical (unpaired) electrons. The lowest BCUT2D eigenvalue weighted by Gasteiger charge is -2.02. The Bertz CT molecular complexity index is 751. The van der Waals surface area contributed by atoms with Gasteiger partial charge >= 0.3 is 0 Å². The minimum absolute atomic E-state index is 0.252. The number of H-pyrrole nitrogens is 1. The number of benzene rings is 1. The van der Waals surface area contributed by atoms with E-state index in [4.69, 9.17) is 0 Å². The maximum atomic E-state index is 12.0. The molecule has 0 saturated carbocycles. The molecule has 0 bridgehead atoms. The second-order valence-corrected chi connectivity index (χ2v) is 3.96. The Morgan fingerprint density at radius 1 is 1.21 bits per heavy atom. The Kier molecular flexibility index (Phi) is 2.64. The standard InChI is InChI=1S/C12H10N6O/c1-7-15-12(18-17-7)16-11(19)8-2-3-9-10(6-8)14-5-4-13-9/h2-6H,1H3,(H2,15,16,17,18,19). The second-order valence-electron chi connectivity index (χ2n) is 3.96. The van der Waals surface area contributed by atoms with Crippen LogP contribution in [-0.2, 0) is 0 Å². The quantitative estimate of drug-likeness (QED) is 0.718. The predicted molar refractivity (Wildman–Crippen MR) is 68.6 cm³/mol. The molecule has 0 spiro atoms. The van der Waals surface area contributed by atoms with Gasteiger partial charge in [0.2, 0.25) is 5.95 Å². The van der Waals surface area contributed by atoms with E-state index in [1.54, 1.807) is 37.5 Å². The number of amides is 1. The van der Waals surface area contributed by atoms with Crippen molar-refractivity contribution in [3.63, 3.8) is 0 Å². The molecule has 1 aromatic carbocycles. The van der Waals surface area contributed by atoms with Crippen molar-refractivity contribution in [3.05, 3.63) is 42.0 Å². The molecule has 0 aliphatic carbocycles. The molecule has 0 atom stereocenters. The first-order valence-corrected chi connectivity index (χ1v) is 5.63. The van der Waals surface area contributed by atoms with Gasteiger partial charge in [-0.1, -0.05) is 0 Å². The number of anilines is 1. The SMILES string of the molecule is Cc1nc(NC(=O)c2ccc3nccnc3c2)n[nH]1. The van der Waals surface area contributed by atoms with E-state index < -0.39 is 0 Å². The molecule has 3 rings (SSSR count). The third kappa shape index (κ3) is 2.25. The summed E-state index contributed by atoms with van der Waals surface area (Å²) in [5, 5.41) is 9.11. The molecule has 0 aliphatic heterocycles. The predicted octanol–water partition coefficient (Wildman–Crippen LogP) is 1.31. The van der Waals surface area contributed by atoms with Crippen LogP contribution in [0.4, 0.5) is 5.95 Å². The normalized spacial score (nSPS) is 10.6. The summed E-state index contributed by atoms with van der Waals surface area (Å²) >= 11 is 0. The number of carbonyl (C=O) groups is 1. The van der Waals surface area contributed by atoms with Crippen LogP contribution < -0.4 is 5.32 Å². The van der Waals surface area contributed by atoms with Gasteiger partial charge in [-0.15, -0.1) is 5.10 Å². The van der Waals surface area contributed by atoms with Gasteiger partial charge in [-0.3, -0.25) is 25.2 Å². The number of carbonyl (C=O) groups excluding carboxylic acids is 1. The molecule has 1 amide bonds. The highest BCUT2D eigenvalue weighted by atomic mass is 16.1. The number of rotatable bonds is 2. The van der Waals surface area contributed by atoms with Crippen LogP contribution in [0.2, 0.25) is 0 Å². The Balaban J connectivity index is 1.89. The summed E-state index contributed by atoms with van der Waals surface area (Å²) in [6, 6.07) is 5.11. The van der Waals surface area contributed by atoms with Crippen molar-refractivity contribution in [2.45, 2.75) is 6.92 Å². The zero-order chi connectivity index (χ0) is 13.2. The van der Waals surface area contributed by atoms with Gasteiger partial charge in [0.15, 0.2) is 0 Å². The molecule has 0 unspecified atom stereocenters. The molecule has 2 N–H and O–H groups in total. The Labute approximate surface area is 108 Å². The summed E-state index contributed by atoms with van der Waals surface area (Å²) in [5.41, 5.74) is 1.89. The van der Waals surface area contributed by atoms with Gasteiger partial charge in [0.1, 0.15) is 5.82 Å². The van der Waals surface area contributed by atoms with Crippen LogP contribution in [0, 0.1) is 6.92 Å². The van der Waals surface area contributed by atoms with Gasteiger partial charge in [0, 0.05) is 18.0 Å². The van der Waals surface area contributed by atoms with E-state index in [1.165, 1.54) is 0 Å². The summed E-state index contributed by atoms with van der Waals surface area (Å²) in [4.78, 5) is 24.3. The third-order valence-corrected chi connectivity index (χ3v) is 2.55. The van der Waals surface area contributed by atoms with Gasteiger partial charge in [0.05, 0.1) is 11.0 Å². The summed E-state index contributed by atoms with van der Waals surface area (Å²) in [6.07, 6.45) is 3.20. The Morgan fingerprint density at radius 3 is 2.74 bits per heavy atom. The topological polar surface area (TPSA) is 96.5 Å². The zero-order valence-corrected chi connectivity index (χ0v) is 10.1. The Morgan fingerprint density at radius 2 is 2.00 bits per heavy atom. The van der Waals surface area contributed by atoms with E-state index in [9.17, 15) is 4.79 Å². The molecule has 3 aromatic rings. The van der Waals surface area contributed by atoms with E-state index in [0.717, 1.165) is 5.52 Å². The number of nitrogens with one attached hydrogen (secondary N) is 2. The highest BCUT2D eigenvalue weighted by Gasteiger charge is 2.10.